The fourth-order valence-corrected chi connectivity index (χ4v) is 2.87. The Morgan fingerprint density at radius 1 is 1.23 bits per heavy atom. The van der Waals surface area contributed by atoms with Gasteiger partial charge in [0.25, 0.3) is 0 Å². The van der Waals surface area contributed by atoms with Gasteiger partial charge in [-0.2, -0.15) is 4.80 Å². The summed E-state index contributed by atoms with van der Waals surface area (Å²) in [5.41, 5.74) is 0.625. The molecule has 0 aliphatic carbocycles. The minimum Gasteiger partial charge on any atom is -0.466 e. The number of aromatic nitrogens is 4. The molecule has 1 aromatic heterocycles. The molecule has 0 atom stereocenters. The predicted molar refractivity (Wildman–Crippen MR) is 89.1 cm³/mol. The number of hydrogen-bond donors (Lipinski definition) is 0. The smallest absolute Gasteiger partial charge is 0.309 e. The average Bonchev–Trinajstić information content (AvgIpc) is 3.11. The lowest BCUT2D eigenvalue weighted by molar-refractivity contribution is -0.151. The zero-order chi connectivity index (χ0) is 18.5. The van der Waals surface area contributed by atoms with E-state index in [1.54, 1.807) is 24.0 Å². The van der Waals surface area contributed by atoms with Crippen molar-refractivity contribution in [3.05, 3.63) is 30.1 Å². The molecule has 0 radical (unpaired) electrons. The van der Waals surface area contributed by atoms with Crippen molar-refractivity contribution in [3.8, 4) is 11.4 Å². The van der Waals surface area contributed by atoms with Gasteiger partial charge in [-0.15, -0.1) is 10.2 Å². The van der Waals surface area contributed by atoms with Crippen molar-refractivity contribution >= 4 is 11.9 Å². The number of tetrazole rings is 1. The Bertz CT molecular complexity index is 769. The molecule has 1 aliphatic heterocycles. The molecule has 0 spiro atoms. The van der Waals surface area contributed by atoms with E-state index in [1.807, 2.05) is 0 Å². The lowest BCUT2D eigenvalue weighted by atomic mass is 9.97. The highest BCUT2D eigenvalue weighted by Crippen LogP contribution is 2.19. The van der Waals surface area contributed by atoms with Crippen LogP contribution in [0.4, 0.5) is 4.39 Å². The van der Waals surface area contributed by atoms with Crippen LogP contribution in [0.25, 0.3) is 11.4 Å². The molecular weight excluding hydrogens is 341 g/mol. The second-order valence-electron chi connectivity index (χ2n) is 6.06. The molecule has 1 saturated heterocycles. The maximum absolute atomic E-state index is 13.0. The van der Waals surface area contributed by atoms with Crippen molar-refractivity contribution < 1.29 is 18.7 Å². The fraction of sp³-hybridized carbons (Fsp3) is 0.471. The Morgan fingerprint density at radius 3 is 2.58 bits per heavy atom. The van der Waals surface area contributed by atoms with Crippen LogP contribution in [0.15, 0.2) is 24.3 Å². The molecule has 0 bridgehead atoms. The number of carbonyl (C=O) groups is 2. The van der Waals surface area contributed by atoms with Crippen LogP contribution in [0.3, 0.4) is 0 Å². The van der Waals surface area contributed by atoms with Crippen LogP contribution in [-0.4, -0.2) is 56.7 Å². The van der Waals surface area contributed by atoms with E-state index in [0.717, 1.165) is 0 Å². The third kappa shape index (κ3) is 4.22. The highest BCUT2D eigenvalue weighted by atomic mass is 19.1. The van der Waals surface area contributed by atoms with Crippen LogP contribution in [0.5, 0.6) is 0 Å². The summed E-state index contributed by atoms with van der Waals surface area (Å²) in [5, 5.41) is 11.9. The van der Waals surface area contributed by atoms with Crippen LogP contribution in [-0.2, 0) is 20.9 Å². The number of rotatable bonds is 5. The standard InChI is InChI=1S/C17H20FN5O3/c1-2-26-17(25)13-7-9-22(10-8-13)15(24)11-23-20-16(19-21-23)12-3-5-14(18)6-4-12/h3-6,13H,2,7-11H2,1H3. The summed E-state index contributed by atoms with van der Waals surface area (Å²) in [5.74, 6) is -0.480. The molecule has 0 N–H and O–H groups in total. The van der Waals surface area contributed by atoms with E-state index < -0.39 is 0 Å². The largest absolute Gasteiger partial charge is 0.466 e. The van der Waals surface area contributed by atoms with Crippen molar-refractivity contribution in [2.45, 2.75) is 26.3 Å². The average molecular weight is 361 g/mol. The third-order valence-electron chi connectivity index (χ3n) is 4.30. The van der Waals surface area contributed by atoms with Gasteiger partial charge in [0.15, 0.2) is 0 Å². The summed E-state index contributed by atoms with van der Waals surface area (Å²) < 4.78 is 18.0. The zero-order valence-corrected chi connectivity index (χ0v) is 14.5. The van der Waals surface area contributed by atoms with Gasteiger partial charge in [-0.05, 0) is 49.2 Å². The van der Waals surface area contributed by atoms with Crippen molar-refractivity contribution in [3.63, 3.8) is 0 Å². The first-order valence-electron chi connectivity index (χ1n) is 8.55. The molecule has 1 fully saturated rings. The van der Waals surface area contributed by atoms with E-state index in [2.05, 4.69) is 15.4 Å². The van der Waals surface area contributed by atoms with Crippen LogP contribution in [0, 0.1) is 11.7 Å². The van der Waals surface area contributed by atoms with Gasteiger partial charge in [0, 0.05) is 18.7 Å². The van der Waals surface area contributed by atoms with Gasteiger partial charge in [-0.3, -0.25) is 9.59 Å². The highest BCUT2D eigenvalue weighted by Gasteiger charge is 2.28. The zero-order valence-electron chi connectivity index (χ0n) is 14.5. The van der Waals surface area contributed by atoms with Gasteiger partial charge in [0.1, 0.15) is 12.4 Å². The summed E-state index contributed by atoms with van der Waals surface area (Å²) in [4.78, 5) is 27.0. The van der Waals surface area contributed by atoms with Gasteiger partial charge >= 0.3 is 5.97 Å². The molecule has 9 heteroatoms. The van der Waals surface area contributed by atoms with Crippen LogP contribution < -0.4 is 0 Å². The lowest BCUT2D eigenvalue weighted by Crippen LogP contribution is -2.42. The first kappa shape index (κ1) is 18.0. The van der Waals surface area contributed by atoms with Gasteiger partial charge in [0.05, 0.1) is 12.5 Å². The minimum absolute atomic E-state index is 0.0295. The third-order valence-corrected chi connectivity index (χ3v) is 4.30. The van der Waals surface area contributed by atoms with Crippen molar-refractivity contribution in [1.82, 2.24) is 25.1 Å². The Kier molecular flexibility index (Phi) is 5.55. The molecule has 138 valence electrons. The second-order valence-corrected chi connectivity index (χ2v) is 6.06. The molecule has 0 unspecified atom stereocenters. The molecule has 2 aromatic rings. The lowest BCUT2D eigenvalue weighted by Gasteiger charge is -2.30. The first-order chi connectivity index (χ1) is 12.6. The molecule has 0 saturated carbocycles. The van der Waals surface area contributed by atoms with Crippen LogP contribution >= 0.6 is 0 Å². The Labute approximate surface area is 149 Å². The Morgan fingerprint density at radius 2 is 1.92 bits per heavy atom. The van der Waals surface area contributed by atoms with Gasteiger partial charge in [-0.25, -0.2) is 4.39 Å². The quantitative estimate of drug-likeness (QED) is 0.745. The topological polar surface area (TPSA) is 90.2 Å². The predicted octanol–water partition coefficient (Wildman–Crippen LogP) is 1.28. The van der Waals surface area contributed by atoms with Crippen LogP contribution in [0.1, 0.15) is 19.8 Å². The van der Waals surface area contributed by atoms with Crippen LogP contribution in [0.2, 0.25) is 0 Å². The number of halogens is 1. The van der Waals surface area contributed by atoms with Gasteiger partial charge in [0.2, 0.25) is 11.7 Å². The van der Waals surface area contributed by atoms with E-state index in [1.165, 1.54) is 16.9 Å². The number of likely N-dealkylation sites (tertiary alicyclic amines) is 1. The maximum atomic E-state index is 13.0. The SMILES string of the molecule is CCOC(=O)C1CCN(C(=O)Cn2nnc(-c3ccc(F)cc3)n2)CC1. The van der Waals surface area contributed by atoms with E-state index in [-0.39, 0.29) is 30.2 Å². The van der Waals surface area contributed by atoms with E-state index in [0.29, 0.717) is 43.9 Å². The summed E-state index contributed by atoms with van der Waals surface area (Å²) in [6.07, 6.45) is 1.19. The van der Waals surface area contributed by atoms with E-state index >= 15 is 0 Å². The molecular formula is C17H20FN5O3. The molecule has 3 rings (SSSR count). The number of piperidine rings is 1. The number of esters is 1. The monoisotopic (exact) mass is 361 g/mol. The Balaban J connectivity index is 1.54. The second kappa shape index (κ2) is 8.03. The number of carbonyl (C=O) groups excluding carboxylic acids is 2. The maximum Gasteiger partial charge on any atom is 0.309 e. The molecule has 8 nitrogen and oxygen atoms in total. The van der Waals surface area contributed by atoms with Crippen molar-refractivity contribution in [2.75, 3.05) is 19.7 Å². The summed E-state index contributed by atoms with van der Waals surface area (Å²) in [6, 6.07) is 5.74. The van der Waals surface area contributed by atoms with E-state index in [4.69, 9.17) is 4.74 Å². The van der Waals surface area contributed by atoms with Gasteiger partial charge < -0.3 is 9.64 Å². The number of hydrogen-bond acceptors (Lipinski definition) is 6. The number of nitrogens with zero attached hydrogens (tertiary/aromatic N) is 5. The molecule has 1 aromatic carbocycles. The molecule has 26 heavy (non-hydrogen) atoms. The number of amides is 1. The highest BCUT2D eigenvalue weighted by molar-refractivity contribution is 5.77. The van der Waals surface area contributed by atoms with Crippen molar-refractivity contribution in [2.24, 2.45) is 5.92 Å². The normalized spacial score (nSPS) is 15.1. The Hall–Kier alpha value is -2.84. The molecule has 2 heterocycles. The summed E-state index contributed by atoms with van der Waals surface area (Å²) >= 11 is 0. The van der Waals surface area contributed by atoms with E-state index in [9.17, 15) is 14.0 Å². The first-order valence-corrected chi connectivity index (χ1v) is 8.55. The summed E-state index contributed by atoms with van der Waals surface area (Å²) in [7, 11) is 0. The number of benzene rings is 1. The minimum atomic E-state index is -0.345. The summed E-state index contributed by atoms with van der Waals surface area (Å²) in [6.45, 7) is 3.12. The molecule has 1 aliphatic rings. The van der Waals surface area contributed by atoms with Gasteiger partial charge in [-0.1, -0.05) is 0 Å². The fourth-order valence-electron chi connectivity index (χ4n) is 2.87. The molecule has 1 amide bonds. The van der Waals surface area contributed by atoms with Crippen molar-refractivity contribution in [1.29, 1.82) is 0 Å². The number of ether oxygens (including phenoxy) is 1.